The van der Waals surface area contributed by atoms with Crippen LogP contribution in [0.2, 0.25) is 0 Å². The zero-order valence-electron chi connectivity index (χ0n) is 16.2. The van der Waals surface area contributed by atoms with Crippen molar-refractivity contribution in [2.24, 2.45) is 0 Å². The van der Waals surface area contributed by atoms with Gasteiger partial charge in [-0.2, -0.15) is 0 Å². The van der Waals surface area contributed by atoms with E-state index in [1.807, 2.05) is 24.5 Å². The fraction of sp³-hybridized carbons (Fsp3) is 0.333. The van der Waals surface area contributed by atoms with Crippen LogP contribution in [-0.4, -0.2) is 56.3 Å². The third-order valence-electron chi connectivity index (χ3n) is 4.97. The quantitative estimate of drug-likeness (QED) is 0.567. The molecule has 0 spiro atoms. The average Bonchev–Trinajstić information content (AvgIpc) is 3.06. The number of pyridine rings is 2. The number of ether oxygens (including phenoxy) is 2. The van der Waals surface area contributed by atoms with E-state index in [9.17, 15) is 0 Å². The van der Waals surface area contributed by atoms with Gasteiger partial charge in [0.1, 0.15) is 17.3 Å². The van der Waals surface area contributed by atoms with Crippen molar-refractivity contribution in [3.63, 3.8) is 0 Å². The largest absolute Gasteiger partial charge is 0.497 e. The molecule has 0 saturated heterocycles. The number of nitrogens with one attached hydrogen (secondary N) is 1. The molecule has 0 unspecified atom stereocenters. The Morgan fingerprint density at radius 1 is 1.19 bits per heavy atom. The molecular formula is C21H24N4O2. The second-order valence-corrected chi connectivity index (χ2v) is 6.98. The van der Waals surface area contributed by atoms with Gasteiger partial charge < -0.3 is 19.7 Å². The number of benzene rings is 1. The minimum atomic E-state index is 0.735. The summed E-state index contributed by atoms with van der Waals surface area (Å²) < 4.78 is 11.1. The highest BCUT2D eigenvalue weighted by Crippen LogP contribution is 2.47. The summed E-state index contributed by atoms with van der Waals surface area (Å²) in [5.74, 6) is 2.43. The first-order chi connectivity index (χ1) is 13.1. The topological polar surface area (TPSA) is 59.5 Å². The van der Waals surface area contributed by atoms with Crippen LogP contribution < -0.4 is 14.8 Å². The molecule has 0 aliphatic heterocycles. The number of aromatic nitrogens is 2. The van der Waals surface area contributed by atoms with Gasteiger partial charge in [0.25, 0.3) is 0 Å². The van der Waals surface area contributed by atoms with E-state index in [0.717, 1.165) is 47.7 Å². The van der Waals surface area contributed by atoms with Crippen LogP contribution >= 0.6 is 0 Å². The molecule has 27 heavy (non-hydrogen) atoms. The Hall–Kier alpha value is -2.86. The number of nitrogens with zero attached hydrogens (tertiary/aromatic N) is 3. The number of methoxy groups -OCH3 is 2. The molecule has 1 aliphatic rings. The van der Waals surface area contributed by atoms with Crippen LogP contribution in [0.5, 0.6) is 11.5 Å². The van der Waals surface area contributed by atoms with E-state index in [1.54, 1.807) is 14.2 Å². The molecule has 3 aromatic rings. The Bertz CT molecular complexity index is 1000. The van der Waals surface area contributed by atoms with Crippen LogP contribution in [0.4, 0.5) is 5.82 Å². The van der Waals surface area contributed by atoms with Crippen molar-refractivity contribution in [1.82, 2.24) is 14.9 Å². The van der Waals surface area contributed by atoms with Crippen LogP contribution in [0.25, 0.3) is 22.0 Å². The standard InChI is InChI=1S/C21H24N4O2/c1-25(2)8-7-23-21-16-9-13-12-22-6-5-15(13)19(16)20-17(24-21)10-14(26-3)11-18(20)27-4/h5-6,10-12H,7-9H2,1-4H3,(H,23,24). The molecule has 0 fully saturated rings. The van der Waals surface area contributed by atoms with Gasteiger partial charge in [0.15, 0.2) is 0 Å². The van der Waals surface area contributed by atoms with Crippen molar-refractivity contribution in [2.45, 2.75) is 6.42 Å². The molecule has 1 aliphatic carbocycles. The Kier molecular flexibility index (Phi) is 4.58. The van der Waals surface area contributed by atoms with E-state index in [1.165, 1.54) is 22.3 Å². The molecule has 0 radical (unpaired) electrons. The molecule has 1 aromatic carbocycles. The van der Waals surface area contributed by atoms with Crippen LogP contribution in [-0.2, 0) is 6.42 Å². The fourth-order valence-electron chi connectivity index (χ4n) is 3.67. The van der Waals surface area contributed by atoms with E-state index in [-0.39, 0.29) is 0 Å². The number of likely N-dealkylation sites (N-methyl/N-ethyl adjacent to an activating group) is 1. The fourth-order valence-corrected chi connectivity index (χ4v) is 3.67. The number of anilines is 1. The average molecular weight is 364 g/mol. The number of fused-ring (bicyclic) bond motifs is 5. The van der Waals surface area contributed by atoms with E-state index in [4.69, 9.17) is 14.5 Å². The molecular weight excluding hydrogens is 340 g/mol. The summed E-state index contributed by atoms with van der Waals surface area (Å²) in [4.78, 5) is 11.4. The Balaban J connectivity index is 1.95. The van der Waals surface area contributed by atoms with Crippen LogP contribution in [0, 0.1) is 0 Å². The van der Waals surface area contributed by atoms with Gasteiger partial charge in [-0.05, 0) is 31.3 Å². The van der Waals surface area contributed by atoms with Gasteiger partial charge in [0, 0.05) is 55.2 Å². The smallest absolute Gasteiger partial charge is 0.132 e. The maximum atomic E-state index is 5.70. The molecule has 6 nitrogen and oxygen atoms in total. The predicted molar refractivity (Wildman–Crippen MR) is 108 cm³/mol. The summed E-state index contributed by atoms with van der Waals surface area (Å²) in [7, 11) is 7.48. The van der Waals surface area contributed by atoms with Crippen LogP contribution in [0.15, 0.2) is 30.6 Å². The monoisotopic (exact) mass is 364 g/mol. The molecule has 140 valence electrons. The maximum absolute atomic E-state index is 5.70. The van der Waals surface area contributed by atoms with Gasteiger partial charge >= 0.3 is 0 Å². The molecule has 6 heteroatoms. The van der Waals surface area contributed by atoms with Gasteiger partial charge in [-0.15, -0.1) is 0 Å². The van der Waals surface area contributed by atoms with E-state index < -0.39 is 0 Å². The van der Waals surface area contributed by atoms with Crippen molar-refractivity contribution in [2.75, 3.05) is 46.7 Å². The summed E-state index contributed by atoms with van der Waals surface area (Å²) in [5, 5.41) is 4.55. The minimum absolute atomic E-state index is 0.735. The molecule has 4 rings (SSSR count). The summed E-state index contributed by atoms with van der Waals surface area (Å²) >= 11 is 0. The normalized spacial score (nSPS) is 12.2. The van der Waals surface area contributed by atoms with Crippen molar-refractivity contribution in [3.8, 4) is 22.6 Å². The van der Waals surface area contributed by atoms with Crippen molar-refractivity contribution >= 4 is 16.7 Å². The molecule has 2 heterocycles. The Morgan fingerprint density at radius 2 is 2.04 bits per heavy atom. The molecule has 0 bridgehead atoms. The molecule has 1 N–H and O–H groups in total. The van der Waals surface area contributed by atoms with Gasteiger partial charge in [-0.3, -0.25) is 4.98 Å². The first-order valence-corrected chi connectivity index (χ1v) is 9.03. The summed E-state index contributed by atoms with van der Waals surface area (Å²) in [6, 6.07) is 5.96. The van der Waals surface area contributed by atoms with E-state index in [0.29, 0.717) is 0 Å². The predicted octanol–water partition coefficient (Wildman–Crippen LogP) is 3.19. The molecule has 2 aromatic heterocycles. The van der Waals surface area contributed by atoms with Crippen LogP contribution in [0.1, 0.15) is 11.1 Å². The lowest BCUT2D eigenvalue weighted by molar-refractivity contribution is 0.398. The first-order valence-electron chi connectivity index (χ1n) is 9.03. The Morgan fingerprint density at radius 3 is 2.78 bits per heavy atom. The number of hydrogen-bond acceptors (Lipinski definition) is 6. The highest BCUT2D eigenvalue weighted by molar-refractivity contribution is 6.05. The molecule has 0 atom stereocenters. The van der Waals surface area contributed by atoms with Gasteiger partial charge in [0.2, 0.25) is 0 Å². The van der Waals surface area contributed by atoms with Gasteiger partial charge in [-0.1, -0.05) is 0 Å². The zero-order chi connectivity index (χ0) is 19.0. The van der Waals surface area contributed by atoms with E-state index >= 15 is 0 Å². The lowest BCUT2D eigenvalue weighted by atomic mass is 10.0. The summed E-state index contributed by atoms with van der Waals surface area (Å²) in [6.07, 6.45) is 4.61. The number of hydrogen-bond donors (Lipinski definition) is 1. The van der Waals surface area contributed by atoms with E-state index in [2.05, 4.69) is 35.4 Å². The van der Waals surface area contributed by atoms with Crippen molar-refractivity contribution in [1.29, 1.82) is 0 Å². The summed E-state index contributed by atoms with van der Waals surface area (Å²) in [6.45, 7) is 1.76. The summed E-state index contributed by atoms with van der Waals surface area (Å²) in [5.41, 5.74) is 5.67. The molecule has 0 amide bonds. The lowest BCUT2D eigenvalue weighted by Gasteiger charge is -2.17. The highest BCUT2D eigenvalue weighted by Gasteiger charge is 2.27. The van der Waals surface area contributed by atoms with Gasteiger partial charge in [0.05, 0.1) is 25.1 Å². The van der Waals surface area contributed by atoms with Crippen molar-refractivity contribution < 1.29 is 9.47 Å². The first kappa shape index (κ1) is 17.5. The van der Waals surface area contributed by atoms with Crippen molar-refractivity contribution in [3.05, 3.63) is 41.7 Å². The third-order valence-corrected chi connectivity index (χ3v) is 4.97. The third kappa shape index (κ3) is 3.06. The number of rotatable bonds is 6. The SMILES string of the molecule is COc1cc(OC)c2c3c(c(NCCN(C)C)nc2c1)Cc1cnccc1-3. The molecule has 0 saturated carbocycles. The van der Waals surface area contributed by atoms with Crippen LogP contribution in [0.3, 0.4) is 0 Å². The lowest BCUT2D eigenvalue weighted by Crippen LogP contribution is -2.21. The maximum Gasteiger partial charge on any atom is 0.132 e. The Labute approximate surface area is 159 Å². The van der Waals surface area contributed by atoms with Gasteiger partial charge in [-0.25, -0.2) is 4.98 Å². The zero-order valence-corrected chi connectivity index (χ0v) is 16.2. The highest BCUT2D eigenvalue weighted by atomic mass is 16.5. The minimum Gasteiger partial charge on any atom is -0.497 e. The second-order valence-electron chi connectivity index (χ2n) is 6.98. The second kappa shape index (κ2) is 7.04.